The lowest BCUT2D eigenvalue weighted by Gasteiger charge is -2.33. The van der Waals surface area contributed by atoms with Crippen molar-refractivity contribution in [1.29, 1.82) is 0 Å². The number of benzene rings is 2. The van der Waals surface area contributed by atoms with E-state index in [9.17, 15) is 0 Å². The van der Waals surface area contributed by atoms with Gasteiger partial charge >= 0.3 is 0 Å². The van der Waals surface area contributed by atoms with Crippen molar-refractivity contribution in [3.63, 3.8) is 0 Å². The summed E-state index contributed by atoms with van der Waals surface area (Å²) in [5, 5.41) is 12.9. The zero-order valence-corrected chi connectivity index (χ0v) is 17.2. The van der Waals surface area contributed by atoms with Gasteiger partial charge < -0.3 is 14.5 Å². The van der Waals surface area contributed by atoms with Crippen molar-refractivity contribution in [3.8, 4) is 5.75 Å². The summed E-state index contributed by atoms with van der Waals surface area (Å²) in [5.41, 5.74) is 2.43. The summed E-state index contributed by atoms with van der Waals surface area (Å²) in [5.74, 6) is 1.79. The molecular formula is C22H30N6O+2. The van der Waals surface area contributed by atoms with Crippen molar-refractivity contribution in [3.05, 3.63) is 71.5 Å². The Bertz CT molecular complexity index is 887. The first kappa shape index (κ1) is 19.5. The Labute approximate surface area is 171 Å². The van der Waals surface area contributed by atoms with Crippen LogP contribution in [0.25, 0.3) is 0 Å². The van der Waals surface area contributed by atoms with Gasteiger partial charge in [-0.05, 0) is 35.0 Å². The maximum Gasteiger partial charge on any atom is 0.214 e. The second kappa shape index (κ2) is 9.15. The molecular weight excluding hydrogens is 364 g/mol. The summed E-state index contributed by atoms with van der Waals surface area (Å²) in [7, 11) is 1.68. The second-order valence-electron chi connectivity index (χ2n) is 7.65. The van der Waals surface area contributed by atoms with Gasteiger partial charge in [0.05, 0.1) is 20.2 Å². The molecule has 1 aromatic heterocycles. The normalized spacial score (nSPS) is 20.3. The van der Waals surface area contributed by atoms with Crippen LogP contribution >= 0.6 is 0 Å². The van der Waals surface area contributed by atoms with Gasteiger partial charge in [-0.15, -0.1) is 5.10 Å². The molecule has 1 aliphatic heterocycles. The number of piperazine rings is 1. The Kier molecular flexibility index (Phi) is 6.17. The van der Waals surface area contributed by atoms with Crippen LogP contribution in [-0.2, 0) is 6.54 Å². The van der Waals surface area contributed by atoms with Gasteiger partial charge in [-0.3, -0.25) is 0 Å². The highest BCUT2D eigenvalue weighted by Crippen LogP contribution is 2.18. The minimum absolute atomic E-state index is 0.142. The van der Waals surface area contributed by atoms with E-state index in [1.807, 2.05) is 16.8 Å². The van der Waals surface area contributed by atoms with E-state index in [1.54, 1.807) is 16.9 Å². The summed E-state index contributed by atoms with van der Waals surface area (Å²) in [6.45, 7) is 8.73. The molecule has 2 heterocycles. The Balaban J connectivity index is 1.62. The monoisotopic (exact) mass is 394 g/mol. The van der Waals surface area contributed by atoms with E-state index >= 15 is 0 Å². The molecule has 7 heteroatoms. The summed E-state index contributed by atoms with van der Waals surface area (Å²) >= 11 is 0. The van der Waals surface area contributed by atoms with Gasteiger partial charge in [0.2, 0.25) is 5.82 Å². The van der Waals surface area contributed by atoms with Crippen LogP contribution in [0.1, 0.15) is 29.9 Å². The average Bonchev–Trinajstić information content (AvgIpc) is 3.23. The topological polar surface area (TPSA) is 61.7 Å². The van der Waals surface area contributed by atoms with Gasteiger partial charge in [-0.2, -0.15) is 0 Å². The Morgan fingerprint density at radius 1 is 1.00 bits per heavy atom. The quantitative estimate of drug-likeness (QED) is 0.574. The number of hydrogen-bond donors (Lipinski definition) is 2. The maximum absolute atomic E-state index is 5.27. The average molecular weight is 395 g/mol. The Morgan fingerprint density at radius 3 is 2.38 bits per heavy atom. The predicted molar refractivity (Wildman–Crippen MR) is 110 cm³/mol. The van der Waals surface area contributed by atoms with Crippen molar-refractivity contribution in [2.75, 3.05) is 39.8 Å². The third-order valence-electron chi connectivity index (χ3n) is 5.95. The van der Waals surface area contributed by atoms with Gasteiger partial charge in [0.25, 0.3) is 0 Å². The number of quaternary nitrogens is 2. The molecule has 2 N–H and O–H groups in total. The molecule has 3 aromatic rings. The molecule has 0 bridgehead atoms. The largest absolute Gasteiger partial charge is 0.497 e. The second-order valence-corrected chi connectivity index (χ2v) is 7.65. The molecule has 0 spiro atoms. The number of ether oxygens (including phenoxy) is 1. The molecule has 1 aliphatic rings. The van der Waals surface area contributed by atoms with Crippen molar-refractivity contribution in [2.45, 2.75) is 19.5 Å². The van der Waals surface area contributed by atoms with Crippen LogP contribution in [0.15, 0.2) is 54.6 Å². The van der Waals surface area contributed by atoms with E-state index in [2.05, 4.69) is 64.9 Å². The highest BCUT2D eigenvalue weighted by atomic mass is 16.5. The molecule has 0 amide bonds. The molecule has 0 saturated carbocycles. The van der Waals surface area contributed by atoms with E-state index in [4.69, 9.17) is 4.74 Å². The molecule has 4 rings (SSSR count). The smallest absolute Gasteiger partial charge is 0.214 e. The van der Waals surface area contributed by atoms with Crippen molar-refractivity contribution < 1.29 is 14.5 Å². The number of methoxy groups -OCH3 is 1. The van der Waals surface area contributed by atoms with E-state index in [0.717, 1.165) is 30.2 Å². The number of tetrazole rings is 1. The van der Waals surface area contributed by atoms with Gasteiger partial charge in [0.15, 0.2) is 6.04 Å². The summed E-state index contributed by atoms with van der Waals surface area (Å²) < 4.78 is 7.22. The lowest BCUT2D eigenvalue weighted by molar-refractivity contribution is -1.02. The van der Waals surface area contributed by atoms with Gasteiger partial charge in [-0.25, -0.2) is 4.68 Å². The fourth-order valence-electron chi connectivity index (χ4n) is 4.21. The van der Waals surface area contributed by atoms with E-state index < -0.39 is 0 Å². The number of hydrogen-bond acceptors (Lipinski definition) is 4. The Hall–Kier alpha value is -2.77. The highest BCUT2D eigenvalue weighted by Gasteiger charge is 2.35. The van der Waals surface area contributed by atoms with Crippen LogP contribution in [-0.4, -0.2) is 60.0 Å². The standard InChI is InChI=1S/C22H28N6O/c1-3-26-13-15-27(16-14-26)21(19-7-5-4-6-8-19)22-23-24-25-28(22)17-18-9-11-20(29-2)12-10-18/h4-12,21H,3,13-17H2,1-2H3/p+2/t21-/m0/s1. The summed E-state index contributed by atoms with van der Waals surface area (Å²) in [4.78, 5) is 3.22. The number of aromatic nitrogens is 4. The van der Waals surface area contributed by atoms with Crippen molar-refractivity contribution in [2.24, 2.45) is 0 Å². The van der Waals surface area contributed by atoms with Crippen LogP contribution in [0, 0.1) is 0 Å². The fraction of sp³-hybridized carbons (Fsp3) is 0.409. The lowest BCUT2D eigenvalue weighted by atomic mass is 10.0. The zero-order chi connectivity index (χ0) is 20.1. The van der Waals surface area contributed by atoms with Gasteiger partial charge in [-0.1, -0.05) is 42.5 Å². The van der Waals surface area contributed by atoms with Crippen LogP contribution in [0.5, 0.6) is 5.75 Å². The minimum atomic E-state index is 0.142. The first-order valence-corrected chi connectivity index (χ1v) is 10.4. The fourth-order valence-corrected chi connectivity index (χ4v) is 4.21. The molecule has 1 saturated heterocycles. The van der Waals surface area contributed by atoms with Crippen LogP contribution in [0.2, 0.25) is 0 Å². The first-order chi connectivity index (χ1) is 14.3. The zero-order valence-electron chi connectivity index (χ0n) is 17.2. The van der Waals surface area contributed by atoms with Crippen LogP contribution in [0.3, 0.4) is 0 Å². The molecule has 0 aliphatic carbocycles. The number of nitrogens with one attached hydrogen (secondary N) is 2. The summed E-state index contributed by atoms with van der Waals surface area (Å²) in [6, 6.07) is 18.9. The number of rotatable bonds is 7. The SMILES string of the molecule is CC[NH+]1CC[NH+]([C@@H](c2ccccc2)c2nnnn2Cc2ccc(OC)cc2)CC1. The molecule has 1 atom stereocenters. The van der Waals surface area contributed by atoms with Crippen LogP contribution < -0.4 is 14.5 Å². The highest BCUT2D eigenvalue weighted by molar-refractivity contribution is 5.28. The third-order valence-corrected chi connectivity index (χ3v) is 5.95. The molecule has 1 fully saturated rings. The minimum Gasteiger partial charge on any atom is -0.497 e. The predicted octanol–water partition coefficient (Wildman–Crippen LogP) is -0.377. The van der Waals surface area contributed by atoms with Crippen molar-refractivity contribution >= 4 is 0 Å². The molecule has 2 aromatic carbocycles. The third kappa shape index (κ3) is 4.46. The van der Waals surface area contributed by atoms with Crippen molar-refractivity contribution in [1.82, 2.24) is 20.2 Å². The summed E-state index contributed by atoms with van der Waals surface area (Å²) in [6.07, 6.45) is 0. The maximum atomic E-state index is 5.27. The van der Waals surface area contributed by atoms with Gasteiger partial charge in [0, 0.05) is 5.56 Å². The molecule has 0 radical (unpaired) electrons. The molecule has 29 heavy (non-hydrogen) atoms. The number of likely N-dealkylation sites (N-methyl/N-ethyl adjacent to an activating group) is 1. The van der Waals surface area contributed by atoms with E-state index in [1.165, 1.54) is 25.2 Å². The van der Waals surface area contributed by atoms with Crippen LogP contribution in [0.4, 0.5) is 0 Å². The molecule has 0 unspecified atom stereocenters. The lowest BCUT2D eigenvalue weighted by Crippen LogP contribution is -3.28. The molecule has 7 nitrogen and oxygen atoms in total. The Morgan fingerprint density at radius 2 is 1.72 bits per heavy atom. The van der Waals surface area contributed by atoms with E-state index in [0.29, 0.717) is 6.54 Å². The molecule has 152 valence electrons. The van der Waals surface area contributed by atoms with Gasteiger partial charge in [0.1, 0.15) is 31.9 Å². The first-order valence-electron chi connectivity index (χ1n) is 10.4. The number of nitrogens with zero attached hydrogens (tertiary/aromatic N) is 4. The van der Waals surface area contributed by atoms with E-state index in [-0.39, 0.29) is 6.04 Å².